The monoisotopic (exact) mass is 399 g/mol. The number of para-hydroxylation sites is 3. The van der Waals surface area contributed by atoms with Crippen LogP contribution in [0.25, 0.3) is 11.1 Å². The zero-order valence-electron chi connectivity index (χ0n) is 16.8. The highest BCUT2D eigenvalue weighted by Crippen LogP contribution is 2.29. The van der Waals surface area contributed by atoms with Crippen molar-refractivity contribution in [2.45, 2.75) is 26.7 Å². The highest BCUT2D eigenvalue weighted by Gasteiger charge is 2.27. The fraction of sp³-hybridized carbons (Fsp3) is 0.217. The molecule has 1 aliphatic heterocycles. The summed E-state index contributed by atoms with van der Waals surface area (Å²) < 4.78 is 5.69. The SMILES string of the molecule is Cc1nc(Nc2nc3ccccc3o2)nc(C)c1C(=O)N1CCCc2ccccc21. The number of amides is 1. The molecule has 1 amide bonds. The van der Waals surface area contributed by atoms with Gasteiger partial charge < -0.3 is 9.32 Å². The summed E-state index contributed by atoms with van der Waals surface area (Å²) in [6, 6.07) is 15.9. The molecule has 0 fully saturated rings. The minimum absolute atomic E-state index is 0.0643. The van der Waals surface area contributed by atoms with Crippen LogP contribution in [0.15, 0.2) is 52.9 Å². The van der Waals surface area contributed by atoms with E-state index in [4.69, 9.17) is 4.42 Å². The minimum atomic E-state index is -0.0643. The van der Waals surface area contributed by atoms with E-state index in [1.54, 1.807) is 0 Å². The lowest BCUT2D eigenvalue weighted by Gasteiger charge is -2.30. The van der Waals surface area contributed by atoms with Crippen molar-refractivity contribution in [2.24, 2.45) is 0 Å². The predicted molar refractivity (Wildman–Crippen MR) is 115 cm³/mol. The van der Waals surface area contributed by atoms with Crippen molar-refractivity contribution >= 4 is 34.7 Å². The fourth-order valence-electron chi connectivity index (χ4n) is 3.98. The zero-order chi connectivity index (χ0) is 20.7. The number of rotatable bonds is 3. The maximum Gasteiger partial charge on any atom is 0.302 e. The lowest BCUT2D eigenvalue weighted by atomic mass is 10.0. The number of benzene rings is 2. The Morgan fingerprint density at radius 3 is 2.53 bits per heavy atom. The van der Waals surface area contributed by atoms with E-state index in [0.717, 1.165) is 24.0 Å². The first-order chi connectivity index (χ1) is 14.6. The maximum absolute atomic E-state index is 13.4. The van der Waals surface area contributed by atoms with Crippen molar-refractivity contribution in [2.75, 3.05) is 16.8 Å². The van der Waals surface area contributed by atoms with Gasteiger partial charge in [0.05, 0.1) is 17.0 Å². The molecular formula is C23H21N5O2. The van der Waals surface area contributed by atoms with Crippen LogP contribution in [0.4, 0.5) is 17.7 Å². The highest BCUT2D eigenvalue weighted by molar-refractivity contribution is 6.08. The van der Waals surface area contributed by atoms with E-state index >= 15 is 0 Å². The molecule has 0 spiro atoms. The topological polar surface area (TPSA) is 84.1 Å². The van der Waals surface area contributed by atoms with Crippen LogP contribution >= 0.6 is 0 Å². The molecular weight excluding hydrogens is 378 g/mol. The van der Waals surface area contributed by atoms with Crippen molar-refractivity contribution in [3.63, 3.8) is 0 Å². The Labute approximate surface area is 173 Å². The van der Waals surface area contributed by atoms with Gasteiger partial charge in [-0.1, -0.05) is 30.3 Å². The zero-order valence-corrected chi connectivity index (χ0v) is 16.8. The number of anilines is 3. The summed E-state index contributed by atoms with van der Waals surface area (Å²) in [4.78, 5) is 28.6. The summed E-state index contributed by atoms with van der Waals surface area (Å²) in [5, 5.41) is 3.01. The van der Waals surface area contributed by atoms with Crippen LogP contribution in [0.3, 0.4) is 0 Å². The van der Waals surface area contributed by atoms with E-state index in [0.29, 0.717) is 41.0 Å². The maximum atomic E-state index is 13.4. The lowest BCUT2D eigenvalue weighted by Crippen LogP contribution is -2.36. The number of nitrogens with zero attached hydrogens (tertiary/aromatic N) is 4. The quantitative estimate of drug-likeness (QED) is 0.543. The van der Waals surface area contributed by atoms with Crippen LogP contribution in [-0.2, 0) is 6.42 Å². The van der Waals surface area contributed by atoms with Crippen LogP contribution < -0.4 is 10.2 Å². The van der Waals surface area contributed by atoms with Gasteiger partial charge in [-0.25, -0.2) is 9.97 Å². The normalized spacial score (nSPS) is 13.3. The predicted octanol–water partition coefficient (Wildman–Crippen LogP) is 4.57. The number of oxazole rings is 1. The van der Waals surface area contributed by atoms with Gasteiger partial charge in [0.25, 0.3) is 5.91 Å². The van der Waals surface area contributed by atoms with Gasteiger partial charge in [-0.05, 0) is 50.5 Å². The van der Waals surface area contributed by atoms with Crippen LogP contribution in [-0.4, -0.2) is 27.4 Å². The Kier molecular flexibility index (Phi) is 4.43. The molecule has 0 saturated carbocycles. The molecule has 30 heavy (non-hydrogen) atoms. The number of hydrogen-bond donors (Lipinski definition) is 1. The molecule has 5 rings (SSSR count). The molecule has 3 heterocycles. The number of aryl methyl sites for hydroxylation is 3. The molecule has 1 N–H and O–H groups in total. The van der Waals surface area contributed by atoms with Gasteiger partial charge in [0.1, 0.15) is 5.52 Å². The number of nitrogens with one attached hydrogen (secondary N) is 1. The molecule has 0 aliphatic carbocycles. The number of hydrogen-bond acceptors (Lipinski definition) is 6. The Morgan fingerprint density at radius 2 is 1.73 bits per heavy atom. The summed E-state index contributed by atoms with van der Waals surface area (Å²) in [6.07, 6.45) is 1.93. The number of aromatic nitrogens is 3. The second-order valence-corrected chi connectivity index (χ2v) is 7.39. The molecule has 0 unspecified atom stereocenters. The van der Waals surface area contributed by atoms with Crippen LogP contribution in [0, 0.1) is 13.8 Å². The van der Waals surface area contributed by atoms with E-state index < -0.39 is 0 Å². The van der Waals surface area contributed by atoms with E-state index in [-0.39, 0.29) is 5.91 Å². The van der Waals surface area contributed by atoms with E-state index in [1.165, 1.54) is 5.56 Å². The van der Waals surface area contributed by atoms with Crippen molar-refractivity contribution in [3.05, 3.63) is 71.0 Å². The Hall–Kier alpha value is -3.74. The first kappa shape index (κ1) is 18.3. The molecule has 0 radical (unpaired) electrons. The number of fused-ring (bicyclic) bond motifs is 2. The summed E-state index contributed by atoms with van der Waals surface area (Å²) in [5.74, 6) is 0.290. The van der Waals surface area contributed by atoms with E-state index in [2.05, 4.69) is 26.3 Å². The molecule has 0 bridgehead atoms. The molecule has 7 nitrogen and oxygen atoms in total. The molecule has 2 aromatic heterocycles. The number of carbonyl (C=O) groups is 1. The average molecular weight is 399 g/mol. The molecule has 0 atom stereocenters. The summed E-state index contributed by atoms with van der Waals surface area (Å²) in [5.41, 5.74) is 5.38. The van der Waals surface area contributed by atoms with E-state index in [9.17, 15) is 4.79 Å². The van der Waals surface area contributed by atoms with Gasteiger partial charge in [-0.15, -0.1) is 0 Å². The second-order valence-electron chi connectivity index (χ2n) is 7.39. The molecule has 4 aromatic rings. The first-order valence-corrected chi connectivity index (χ1v) is 9.98. The molecule has 1 aliphatic rings. The Bertz CT molecular complexity index is 1210. The minimum Gasteiger partial charge on any atom is -0.423 e. The third-order valence-electron chi connectivity index (χ3n) is 5.35. The van der Waals surface area contributed by atoms with E-state index in [1.807, 2.05) is 61.2 Å². The van der Waals surface area contributed by atoms with Gasteiger partial charge >= 0.3 is 6.01 Å². The van der Waals surface area contributed by atoms with Crippen molar-refractivity contribution in [3.8, 4) is 0 Å². The number of carbonyl (C=O) groups excluding carboxylic acids is 1. The summed E-state index contributed by atoms with van der Waals surface area (Å²) in [7, 11) is 0. The van der Waals surface area contributed by atoms with Gasteiger partial charge in [0, 0.05) is 12.2 Å². The second kappa shape index (κ2) is 7.26. The summed E-state index contributed by atoms with van der Waals surface area (Å²) >= 11 is 0. The van der Waals surface area contributed by atoms with Crippen molar-refractivity contribution in [1.82, 2.24) is 15.0 Å². The molecule has 2 aromatic carbocycles. The lowest BCUT2D eigenvalue weighted by molar-refractivity contribution is 0.0983. The standard InChI is InChI=1S/C23H21N5O2/c1-14-20(21(29)28-13-7-9-16-8-3-5-11-18(16)28)15(2)25-22(24-14)27-23-26-17-10-4-6-12-19(17)30-23/h3-6,8,10-12H,7,9,13H2,1-2H3,(H,24,25,26,27). The largest absolute Gasteiger partial charge is 0.423 e. The molecule has 0 saturated heterocycles. The van der Waals surface area contributed by atoms with Crippen molar-refractivity contribution in [1.29, 1.82) is 0 Å². The first-order valence-electron chi connectivity index (χ1n) is 9.98. The Balaban J connectivity index is 1.45. The smallest absolute Gasteiger partial charge is 0.302 e. The Morgan fingerprint density at radius 1 is 1.00 bits per heavy atom. The summed E-state index contributed by atoms with van der Waals surface area (Å²) in [6.45, 7) is 4.35. The van der Waals surface area contributed by atoms with Crippen LogP contribution in [0.1, 0.15) is 33.7 Å². The highest BCUT2D eigenvalue weighted by atomic mass is 16.4. The average Bonchev–Trinajstić information content (AvgIpc) is 3.15. The molecule has 7 heteroatoms. The van der Waals surface area contributed by atoms with Gasteiger partial charge in [-0.2, -0.15) is 4.98 Å². The molecule has 150 valence electrons. The van der Waals surface area contributed by atoms with Gasteiger partial charge in [-0.3, -0.25) is 10.1 Å². The van der Waals surface area contributed by atoms with Crippen molar-refractivity contribution < 1.29 is 9.21 Å². The third-order valence-corrected chi connectivity index (χ3v) is 5.35. The van der Waals surface area contributed by atoms with Crippen LogP contribution in [0.5, 0.6) is 0 Å². The van der Waals surface area contributed by atoms with Gasteiger partial charge in [0.2, 0.25) is 5.95 Å². The third kappa shape index (κ3) is 3.18. The van der Waals surface area contributed by atoms with Gasteiger partial charge in [0.15, 0.2) is 5.58 Å². The van der Waals surface area contributed by atoms with Crippen LogP contribution in [0.2, 0.25) is 0 Å². The fourth-order valence-corrected chi connectivity index (χ4v) is 3.98.